The van der Waals surface area contributed by atoms with Gasteiger partial charge in [-0.25, -0.2) is 0 Å². The molecule has 371 valence electrons. The Balaban J connectivity index is 0.000000213. The van der Waals surface area contributed by atoms with Gasteiger partial charge in [-0.05, 0) is 128 Å². The van der Waals surface area contributed by atoms with Crippen molar-refractivity contribution >= 4 is 27.3 Å². The first-order chi connectivity index (χ1) is 34.9. The number of fused-ring (bicyclic) bond motifs is 2. The minimum atomic E-state index is -4.33. The molecule has 69 heavy (non-hydrogen) atoms. The van der Waals surface area contributed by atoms with Gasteiger partial charge in [0.05, 0.1) is 17.7 Å². The van der Waals surface area contributed by atoms with Crippen LogP contribution in [0.1, 0.15) is 151 Å². The summed E-state index contributed by atoms with van der Waals surface area (Å²) < 4.78 is 87.1. The number of nitrogens with zero attached hydrogens (tertiary/aromatic N) is 2. The minimum absolute atomic E-state index is 0. The molecule has 2 fully saturated rings. The zero-order valence-electron chi connectivity index (χ0n) is 48.0. The van der Waals surface area contributed by atoms with Gasteiger partial charge < -0.3 is 15.1 Å². The summed E-state index contributed by atoms with van der Waals surface area (Å²) in [5, 5.41) is 12.9. The van der Waals surface area contributed by atoms with E-state index < -0.39 is 24.3 Å². The molecule has 0 spiro atoms. The molecule has 0 amide bonds. The van der Waals surface area contributed by atoms with Crippen molar-refractivity contribution in [1.29, 1.82) is 0 Å². The van der Waals surface area contributed by atoms with Gasteiger partial charge in [-0.3, -0.25) is 4.79 Å². The SMILES string of the molecule is CCC(CC)C(=O)/C=C(\O)C(CC)CC(F)(F)F.[2H]c1nc(-c2[c-]c(C)cc(C)c2[2H])c2cc(C)c(CC3CCCC3)cc2c1[2H].[2H]c1nc(-c2[c-]c(C)cc(C)c2[2H])c2cc(C)c(CC3CCCC3)cc2c1[2H].[Ir]. The maximum atomic E-state index is 12.3. The predicted octanol–water partition coefficient (Wildman–Crippen LogP) is 17.1. The Labute approximate surface area is 432 Å². The summed E-state index contributed by atoms with van der Waals surface area (Å²) >= 11 is 0. The maximum Gasteiger partial charge on any atom is 0.389 e. The van der Waals surface area contributed by atoms with Crippen molar-refractivity contribution in [2.24, 2.45) is 23.7 Å². The molecule has 1 radical (unpaired) electrons. The van der Waals surface area contributed by atoms with Gasteiger partial charge in [-0.2, -0.15) is 13.2 Å². The number of carbonyl (C=O) groups excluding carboxylic acids is 1. The van der Waals surface area contributed by atoms with E-state index in [1.807, 2.05) is 53.7 Å². The number of hydrogen-bond donors (Lipinski definition) is 1. The number of aliphatic hydroxyl groups is 1. The second-order valence-electron chi connectivity index (χ2n) is 19.4. The molecule has 1 atom stereocenters. The Morgan fingerprint density at radius 3 is 1.48 bits per heavy atom. The second kappa shape index (κ2) is 25.5. The number of rotatable bonds is 13. The molecule has 2 aromatic heterocycles. The molecule has 6 aromatic rings. The summed E-state index contributed by atoms with van der Waals surface area (Å²) in [5.74, 6) is -0.534. The number of aliphatic hydroxyl groups excluding tert-OH is 1. The number of aromatic nitrogens is 2. The van der Waals surface area contributed by atoms with Crippen molar-refractivity contribution in [3.63, 3.8) is 0 Å². The van der Waals surface area contributed by atoms with Gasteiger partial charge in [0.2, 0.25) is 0 Å². The maximum absolute atomic E-state index is 12.3. The fraction of sp³-hybridized carbons (Fsp3) is 0.459. The molecule has 1 N–H and O–H groups in total. The van der Waals surface area contributed by atoms with Crippen LogP contribution in [0.5, 0.6) is 0 Å². The molecule has 4 nitrogen and oxygen atoms in total. The van der Waals surface area contributed by atoms with Crippen LogP contribution in [0.4, 0.5) is 13.2 Å². The first-order valence-electron chi connectivity index (χ1n) is 27.8. The minimum Gasteiger partial charge on any atom is -0.512 e. The van der Waals surface area contributed by atoms with E-state index in [1.165, 1.54) is 73.6 Å². The Bertz CT molecular complexity index is 2860. The van der Waals surface area contributed by atoms with E-state index in [0.717, 1.165) is 74.6 Å². The van der Waals surface area contributed by atoms with Crippen LogP contribution in [0.25, 0.3) is 44.1 Å². The molecule has 2 aliphatic carbocycles. The normalized spacial score (nSPS) is 16.1. The van der Waals surface area contributed by atoms with Crippen LogP contribution in [0.15, 0.2) is 84.7 Å². The van der Waals surface area contributed by atoms with E-state index in [1.54, 1.807) is 6.92 Å². The van der Waals surface area contributed by atoms with Crippen LogP contribution in [0, 0.1) is 77.3 Å². The summed E-state index contributed by atoms with van der Waals surface area (Å²) in [6, 6.07) is 19.9. The van der Waals surface area contributed by atoms with Gasteiger partial charge in [0.15, 0.2) is 5.78 Å². The molecule has 8 heteroatoms. The third-order valence-electron chi connectivity index (χ3n) is 13.8. The van der Waals surface area contributed by atoms with Crippen LogP contribution in [-0.2, 0) is 37.7 Å². The summed E-state index contributed by atoms with van der Waals surface area (Å²) in [7, 11) is 0. The largest absolute Gasteiger partial charge is 0.512 e. The predicted molar refractivity (Wildman–Crippen MR) is 276 cm³/mol. The zero-order valence-corrected chi connectivity index (χ0v) is 44.4. The zero-order chi connectivity index (χ0) is 54.3. The van der Waals surface area contributed by atoms with Gasteiger partial charge in [-0.1, -0.05) is 124 Å². The van der Waals surface area contributed by atoms with Crippen molar-refractivity contribution in [1.82, 2.24) is 9.97 Å². The number of ketones is 1. The van der Waals surface area contributed by atoms with Crippen molar-refractivity contribution in [2.75, 3.05) is 0 Å². The monoisotopic (exact) mass is 1120 g/mol. The van der Waals surface area contributed by atoms with Crippen LogP contribution >= 0.6 is 0 Å². The quantitative estimate of drug-likeness (QED) is 0.0711. The molecule has 2 aliphatic rings. The summed E-state index contributed by atoms with van der Waals surface area (Å²) in [5.41, 5.74) is 11.1. The van der Waals surface area contributed by atoms with Crippen molar-refractivity contribution in [2.45, 2.75) is 158 Å². The van der Waals surface area contributed by atoms with Crippen molar-refractivity contribution < 1.29 is 51.4 Å². The van der Waals surface area contributed by atoms with E-state index >= 15 is 0 Å². The molecule has 2 saturated carbocycles. The molecule has 4 aromatic carbocycles. The first-order valence-corrected chi connectivity index (χ1v) is 24.8. The van der Waals surface area contributed by atoms with Crippen LogP contribution in [0.2, 0.25) is 0 Å². The van der Waals surface area contributed by atoms with Crippen LogP contribution < -0.4 is 0 Å². The average molecular weight is 1120 g/mol. The number of aryl methyl sites for hydroxylation is 6. The van der Waals surface area contributed by atoms with Gasteiger partial charge in [0.25, 0.3) is 0 Å². The van der Waals surface area contributed by atoms with Gasteiger partial charge in [0.1, 0.15) is 0 Å². The molecule has 2 heterocycles. The van der Waals surface area contributed by atoms with Gasteiger partial charge in [0, 0.05) is 50.4 Å². The number of benzene rings is 4. The smallest absolute Gasteiger partial charge is 0.389 e. The Morgan fingerprint density at radius 1 is 0.696 bits per heavy atom. The van der Waals surface area contributed by atoms with Crippen LogP contribution in [0.3, 0.4) is 0 Å². The fourth-order valence-electron chi connectivity index (χ4n) is 10.1. The number of halogens is 3. The van der Waals surface area contributed by atoms with E-state index in [4.69, 9.17) is 8.22 Å². The standard InChI is InChI=1S/2C24H26N.C13H21F3O2.Ir/c2*1-16-10-17(2)12-22(11-16)24-23-13-18(3)21(14-19-6-4-5-7-19)15-20(23)8-9-25-24;1-4-9(5-2)11(17)7-12(18)10(6-3)8-13(14,15)16;/h2*8-11,13,15,19H,4-7,14H2,1-3H3;7,9-10,18H,4-6,8H2,1-3H3;/q2*-1;;/b;;12-7-;/i2*8D,9D,11D;;. The number of carbonyl (C=O) groups is 1. The molecular formula is C61H73F3IrN2O2-2. The molecule has 0 bridgehead atoms. The van der Waals surface area contributed by atoms with Crippen LogP contribution in [-0.4, -0.2) is 27.0 Å². The van der Waals surface area contributed by atoms with Crippen molar-refractivity contribution in [3.8, 4) is 22.5 Å². The number of hydrogen-bond acceptors (Lipinski definition) is 4. The topological polar surface area (TPSA) is 63.1 Å². The Kier molecular flexibility index (Phi) is 17.2. The Hall–Kier alpha value is -4.65. The van der Waals surface area contributed by atoms with E-state index in [9.17, 15) is 23.1 Å². The molecular weight excluding hydrogens is 1040 g/mol. The van der Waals surface area contributed by atoms with E-state index in [-0.39, 0.29) is 62.7 Å². The summed E-state index contributed by atoms with van der Waals surface area (Å²) in [6.45, 7) is 17.2. The Morgan fingerprint density at radius 2 is 1.10 bits per heavy atom. The summed E-state index contributed by atoms with van der Waals surface area (Å²) in [4.78, 5) is 20.5. The van der Waals surface area contributed by atoms with E-state index in [0.29, 0.717) is 47.4 Å². The third kappa shape index (κ3) is 15.4. The molecule has 0 saturated heterocycles. The van der Waals surface area contributed by atoms with Gasteiger partial charge in [-0.15, -0.1) is 69.7 Å². The summed E-state index contributed by atoms with van der Waals surface area (Å²) in [6.07, 6.45) is 9.39. The number of pyridine rings is 2. The van der Waals surface area contributed by atoms with E-state index in [2.05, 4.69) is 60.2 Å². The number of alkyl halides is 3. The first kappa shape index (κ1) is 46.7. The molecule has 1 unspecified atom stereocenters. The fourth-order valence-corrected chi connectivity index (χ4v) is 10.1. The van der Waals surface area contributed by atoms with Gasteiger partial charge >= 0.3 is 6.18 Å². The van der Waals surface area contributed by atoms with Crippen molar-refractivity contribution in [3.05, 3.63) is 141 Å². The molecule has 8 rings (SSSR count). The number of allylic oxidation sites excluding steroid dienone is 2. The average Bonchev–Trinajstić information content (AvgIpc) is 4.07. The molecule has 0 aliphatic heterocycles. The second-order valence-corrected chi connectivity index (χ2v) is 19.4. The third-order valence-corrected chi connectivity index (χ3v) is 13.8.